The Morgan fingerprint density at radius 1 is 1.29 bits per heavy atom. The van der Waals surface area contributed by atoms with Crippen molar-refractivity contribution in [1.82, 2.24) is 5.32 Å². The average molecular weight is 370 g/mol. The van der Waals surface area contributed by atoms with Crippen LogP contribution in [0.1, 0.15) is 35.2 Å². The highest BCUT2D eigenvalue weighted by atomic mass is 35.5. The molecule has 0 saturated carbocycles. The number of nitrogens with one attached hydrogen (secondary N) is 1. The molecular weight excluding hydrogens is 354 g/mol. The summed E-state index contributed by atoms with van der Waals surface area (Å²) in [6.45, 7) is 1.68. The Morgan fingerprint density at radius 2 is 2.08 bits per heavy atom. The molecule has 0 fully saturated rings. The van der Waals surface area contributed by atoms with Gasteiger partial charge in [-0.3, -0.25) is 14.4 Å². The van der Waals surface area contributed by atoms with Crippen molar-refractivity contribution in [2.24, 2.45) is 0 Å². The minimum absolute atomic E-state index is 0.0103. The van der Waals surface area contributed by atoms with E-state index in [9.17, 15) is 14.4 Å². The molecule has 0 aliphatic carbocycles. The number of carbonyl (C=O) groups excluding carboxylic acids is 3. The molecular formula is C16H16ClNO5S. The number of ether oxygens (including phenoxy) is 1. The van der Waals surface area contributed by atoms with Gasteiger partial charge in [-0.15, -0.1) is 11.3 Å². The summed E-state index contributed by atoms with van der Waals surface area (Å²) in [5.41, 5.74) is 0. The van der Waals surface area contributed by atoms with Gasteiger partial charge in [0.2, 0.25) is 0 Å². The van der Waals surface area contributed by atoms with Crippen LogP contribution in [0.4, 0.5) is 0 Å². The second-order valence-corrected chi connectivity index (χ2v) is 6.67. The lowest BCUT2D eigenvalue weighted by atomic mass is 10.2. The summed E-state index contributed by atoms with van der Waals surface area (Å²) < 4.78 is 10.6. The van der Waals surface area contributed by atoms with Gasteiger partial charge < -0.3 is 14.5 Å². The zero-order chi connectivity index (χ0) is 17.5. The molecule has 2 heterocycles. The van der Waals surface area contributed by atoms with E-state index in [0.29, 0.717) is 15.0 Å². The van der Waals surface area contributed by atoms with Gasteiger partial charge in [-0.25, -0.2) is 0 Å². The number of ketones is 1. The van der Waals surface area contributed by atoms with Crippen LogP contribution in [0, 0.1) is 0 Å². The summed E-state index contributed by atoms with van der Waals surface area (Å²) in [4.78, 5) is 35.9. The predicted molar refractivity (Wildman–Crippen MR) is 89.0 cm³/mol. The Balaban J connectivity index is 1.70. The lowest BCUT2D eigenvalue weighted by molar-refractivity contribution is -0.154. The zero-order valence-corrected chi connectivity index (χ0v) is 14.5. The first kappa shape index (κ1) is 18.2. The molecule has 0 aliphatic heterocycles. The zero-order valence-electron chi connectivity index (χ0n) is 12.9. The maximum Gasteiger partial charge on any atom is 0.307 e. The summed E-state index contributed by atoms with van der Waals surface area (Å²) in [7, 11) is 0. The molecule has 128 valence electrons. The lowest BCUT2D eigenvalue weighted by Crippen LogP contribution is -2.35. The first-order valence-electron chi connectivity index (χ1n) is 7.24. The van der Waals surface area contributed by atoms with Crippen molar-refractivity contribution in [3.63, 3.8) is 0 Å². The molecule has 1 N–H and O–H groups in total. The van der Waals surface area contributed by atoms with E-state index >= 15 is 0 Å². The molecule has 8 heteroatoms. The van der Waals surface area contributed by atoms with Crippen LogP contribution >= 0.6 is 22.9 Å². The molecule has 6 nitrogen and oxygen atoms in total. The fourth-order valence-corrected chi connectivity index (χ4v) is 2.85. The highest BCUT2D eigenvalue weighted by Crippen LogP contribution is 2.23. The molecule has 0 radical (unpaired) electrons. The Kier molecular flexibility index (Phi) is 6.57. The Morgan fingerprint density at radius 3 is 2.71 bits per heavy atom. The molecule has 2 rings (SSSR count). The van der Waals surface area contributed by atoms with E-state index in [1.54, 1.807) is 24.3 Å². The molecule has 2 aromatic heterocycles. The smallest absolute Gasteiger partial charge is 0.307 e. The molecule has 0 unspecified atom stereocenters. The average Bonchev–Trinajstić information content (AvgIpc) is 3.21. The van der Waals surface area contributed by atoms with Gasteiger partial charge in [-0.2, -0.15) is 0 Å². The number of halogens is 1. The van der Waals surface area contributed by atoms with Crippen molar-refractivity contribution < 1.29 is 23.5 Å². The fourth-order valence-electron chi connectivity index (χ4n) is 1.84. The normalized spacial score (nSPS) is 11.8. The Labute approximate surface area is 147 Å². The number of hydrogen-bond acceptors (Lipinski definition) is 6. The van der Waals surface area contributed by atoms with Gasteiger partial charge in [0, 0.05) is 6.42 Å². The van der Waals surface area contributed by atoms with E-state index in [1.165, 1.54) is 13.2 Å². The largest absolute Gasteiger partial charge is 0.467 e. The summed E-state index contributed by atoms with van der Waals surface area (Å²) in [6, 6.07) is 6.68. The molecule has 0 aromatic carbocycles. The maximum absolute atomic E-state index is 11.9. The van der Waals surface area contributed by atoms with Gasteiger partial charge in [0.15, 0.2) is 11.9 Å². The van der Waals surface area contributed by atoms with Crippen LogP contribution in [0.25, 0.3) is 0 Å². The van der Waals surface area contributed by atoms with Crippen LogP contribution in [-0.2, 0) is 20.9 Å². The van der Waals surface area contributed by atoms with E-state index < -0.39 is 18.0 Å². The molecule has 1 amide bonds. The van der Waals surface area contributed by atoms with E-state index in [0.717, 1.165) is 11.3 Å². The van der Waals surface area contributed by atoms with E-state index in [-0.39, 0.29) is 25.2 Å². The van der Waals surface area contributed by atoms with Crippen LogP contribution in [0.2, 0.25) is 4.34 Å². The topological polar surface area (TPSA) is 85.6 Å². The fraction of sp³-hybridized carbons (Fsp3) is 0.312. The number of furan rings is 1. The van der Waals surface area contributed by atoms with Crippen molar-refractivity contribution >= 4 is 40.6 Å². The Hall–Kier alpha value is -2.12. The molecule has 2 aromatic rings. The van der Waals surface area contributed by atoms with Gasteiger partial charge in [0.05, 0.1) is 28.4 Å². The molecule has 0 saturated heterocycles. The molecule has 0 spiro atoms. The highest BCUT2D eigenvalue weighted by molar-refractivity contribution is 7.18. The second-order valence-electron chi connectivity index (χ2n) is 4.96. The first-order valence-corrected chi connectivity index (χ1v) is 8.43. The number of amides is 1. The van der Waals surface area contributed by atoms with E-state index in [1.807, 2.05) is 0 Å². The standard InChI is InChI=1S/C16H16ClNO5S/c1-10(16(21)18-9-11-3-2-8-22-11)23-15(20)7-4-12(19)13-5-6-14(17)24-13/h2-3,5-6,8,10H,4,7,9H2,1H3,(H,18,21)/t10-/m0/s1. The first-order chi connectivity index (χ1) is 11.5. The quantitative estimate of drug-likeness (QED) is 0.570. The van der Waals surface area contributed by atoms with Gasteiger partial charge in [-0.05, 0) is 31.2 Å². The number of esters is 1. The number of hydrogen-bond donors (Lipinski definition) is 1. The third kappa shape index (κ3) is 5.50. The molecule has 24 heavy (non-hydrogen) atoms. The summed E-state index contributed by atoms with van der Waals surface area (Å²) in [5, 5.41) is 2.59. The van der Waals surface area contributed by atoms with Crippen LogP contribution in [-0.4, -0.2) is 23.8 Å². The lowest BCUT2D eigenvalue weighted by Gasteiger charge is -2.12. The van der Waals surface area contributed by atoms with Crippen LogP contribution in [0.3, 0.4) is 0 Å². The molecule has 1 atom stereocenters. The van der Waals surface area contributed by atoms with Gasteiger partial charge in [0.25, 0.3) is 5.91 Å². The van der Waals surface area contributed by atoms with Crippen molar-refractivity contribution in [3.8, 4) is 0 Å². The highest BCUT2D eigenvalue weighted by Gasteiger charge is 2.19. The van der Waals surface area contributed by atoms with Crippen LogP contribution < -0.4 is 5.32 Å². The summed E-state index contributed by atoms with van der Waals surface area (Å²) in [5.74, 6) is -0.622. The van der Waals surface area contributed by atoms with Gasteiger partial charge in [-0.1, -0.05) is 11.6 Å². The van der Waals surface area contributed by atoms with E-state index in [2.05, 4.69) is 5.32 Å². The molecule has 0 bridgehead atoms. The van der Waals surface area contributed by atoms with Crippen LogP contribution in [0.15, 0.2) is 34.9 Å². The number of rotatable bonds is 8. The Bertz CT molecular complexity index is 710. The summed E-state index contributed by atoms with van der Waals surface area (Å²) >= 11 is 6.92. The number of carbonyl (C=O) groups is 3. The minimum atomic E-state index is -0.946. The third-order valence-electron chi connectivity index (χ3n) is 3.10. The SMILES string of the molecule is C[C@H](OC(=O)CCC(=O)c1ccc(Cl)s1)C(=O)NCc1ccco1. The molecule has 0 aliphatic rings. The van der Waals surface area contributed by atoms with E-state index in [4.69, 9.17) is 20.8 Å². The van der Waals surface area contributed by atoms with Crippen molar-refractivity contribution in [2.45, 2.75) is 32.4 Å². The maximum atomic E-state index is 11.9. The van der Waals surface area contributed by atoms with Gasteiger partial charge >= 0.3 is 5.97 Å². The summed E-state index contributed by atoms with van der Waals surface area (Å²) in [6.07, 6.45) is 0.474. The number of thiophene rings is 1. The number of Topliss-reactive ketones (excluding diaryl/α,β-unsaturated/α-hetero) is 1. The van der Waals surface area contributed by atoms with Crippen LogP contribution in [0.5, 0.6) is 0 Å². The predicted octanol–water partition coefficient (Wildman–Crippen LogP) is 3.21. The van der Waals surface area contributed by atoms with Gasteiger partial charge in [0.1, 0.15) is 5.76 Å². The van der Waals surface area contributed by atoms with Crippen molar-refractivity contribution in [2.75, 3.05) is 0 Å². The third-order valence-corrected chi connectivity index (χ3v) is 4.37. The second kappa shape index (κ2) is 8.65. The minimum Gasteiger partial charge on any atom is -0.467 e. The van der Waals surface area contributed by atoms with Crippen molar-refractivity contribution in [1.29, 1.82) is 0 Å². The monoisotopic (exact) mass is 369 g/mol. The van der Waals surface area contributed by atoms with Crippen molar-refractivity contribution in [3.05, 3.63) is 45.5 Å².